The lowest BCUT2D eigenvalue weighted by Gasteiger charge is -2.33. The molecule has 0 bridgehead atoms. The minimum absolute atomic E-state index is 0.160. The minimum atomic E-state index is 0.160. The number of aromatic nitrogens is 2. The molecule has 1 heterocycles. The van der Waals surface area contributed by atoms with Crippen LogP contribution in [0.4, 0.5) is 0 Å². The van der Waals surface area contributed by atoms with Crippen molar-refractivity contribution in [3.05, 3.63) is 11.9 Å². The Morgan fingerprint density at radius 2 is 2.41 bits per heavy atom. The van der Waals surface area contributed by atoms with E-state index in [1.807, 2.05) is 4.68 Å². The summed E-state index contributed by atoms with van der Waals surface area (Å²) in [6.45, 7) is 3.05. The van der Waals surface area contributed by atoms with Gasteiger partial charge in [0.05, 0.1) is 25.0 Å². The van der Waals surface area contributed by atoms with Crippen LogP contribution in [0.3, 0.4) is 0 Å². The third-order valence-corrected chi connectivity index (χ3v) is 3.60. The number of hydrazine groups is 1. The molecule has 1 unspecified atom stereocenters. The van der Waals surface area contributed by atoms with Gasteiger partial charge in [0.15, 0.2) is 5.75 Å². The highest BCUT2D eigenvalue weighted by atomic mass is 16.5. The quantitative estimate of drug-likeness (QED) is 0.583. The summed E-state index contributed by atoms with van der Waals surface area (Å²) in [6.07, 6.45) is 6.60. The largest absolute Gasteiger partial charge is 0.493 e. The number of nitrogens with two attached hydrogens (primary N) is 1. The Bertz CT molecular complexity index is 359. The fourth-order valence-electron chi connectivity index (χ4n) is 2.45. The normalized spacial score (nSPS) is 17.8. The van der Waals surface area contributed by atoms with Crippen molar-refractivity contribution in [1.29, 1.82) is 0 Å². The maximum Gasteiger partial charge on any atom is 0.161 e. The van der Waals surface area contributed by atoms with Gasteiger partial charge in [0, 0.05) is 6.54 Å². The van der Waals surface area contributed by atoms with Crippen LogP contribution in [-0.2, 0) is 6.54 Å². The summed E-state index contributed by atoms with van der Waals surface area (Å²) >= 11 is 0. The first-order valence-electron chi connectivity index (χ1n) is 6.37. The Labute approximate surface area is 102 Å². The number of ether oxygens (including phenoxy) is 1. The molecule has 0 spiro atoms. The van der Waals surface area contributed by atoms with Gasteiger partial charge >= 0.3 is 0 Å². The van der Waals surface area contributed by atoms with Crippen LogP contribution >= 0.6 is 0 Å². The van der Waals surface area contributed by atoms with Crippen LogP contribution in [0.1, 0.15) is 44.3 Å². The van der Waals surface area contributed by atoms with E-state index < -0.39 is 0 Å². The lowest BCUT2D eigenvalue weighted by Crippen LogP contribution is -2.38. The molecule has 1 saturated carbocycles. The first kappa shape index (κ1) is 12.4. The summed E-state index contributed by atoms with van der Waals surface area (Å²) in [4.78, 5) is 0. The van der Waals surface area contributed by atoms with Gasteiger partial charge in [-0.3, -0.25) is 16.0 Å². The Balaban J connectivity index is 2.28. The summed E-state index contributed by atoms with van der Waals surface area (Å²) in [5.41, 5.74) is 4.04. The van der Waals surface area contributed by atoms with Gasteiger partial charge in [-0.1, -0.05) is 13.3 Å². The predicted octanol–water partition coefficient (Wildman–Crippen LogP) is 1.61. The Hall–Kier alpha value is -1.07. The average Bonchev–Trinajstić information content (AvgIpc) is 2.66. The summed E-state index contributed by atoms with van der Waals surface area (Å²) in [5, 5.41) is 4.38. The molecular formula is C12H22N4O. The minimum Gasteiger partial charge on any atom is -0.493 e. The number of hydrogen-bond acceptors (Lipinski definition) is 4. The molecule has 1 aliphatic rings. The van der Waals surface area contributed by atoms with Crippen LogP contribution in [0, 0.1) is 5.92 Å². The van der Waals surface area contributed by atoms with Crippen molar-refractivity contribution in [2.24, 2.45) is 11.8 Å². The molecule has 0 saturated heterocycles. The van der Waals surface area contributed by atoms with Gasteiger partial charge in [0.2, 0.25) is 0 Å². The fraction of sp³-hybridized carbons (Fsp3) is 0.750. The number of nitrogens with zero attached hydrogens (tertiary/aromatic N) is 2. The van der Waals surface area contributed by atoms with E-state index in [0.717, 1.165) is 24.4 Å². The number of methoxy groups -OCH3 is 1. The van der Waals surface area contributed by atoms with E-state index in [9.17, 15) is 0 Å². The standard InChI is InChI=1S/C12H22N4O/c1-3-7-16-12(10(17-2)8-14-16)11(15-13)9-5-4-6-9/h8-9,11,15H,3-7,13H2,1-2H3. The van der Waals surface area contributed by atoms with Gasteiger partial charge < -0.3 is 4.74 Å². The van der Waals surface area contributed by atoms with E-state index in [1.54, 1.807) is 13.3 Å². The Morgan fingerprint density at radius 3 is 2.88 bits per heavy atom. The van der Waals surface area contributed by atoms with Gasteiger partial charge in [-0.15, -0.1) is 0 Å². The molecule has 17 heavy (non-hydrogen) atoms. The zero-order chi connectivity index (χ0) is 12.3. The van der Waals surface area contributed by atoms with Crippen molar-refractivity contribution in [3.63, 3.8) is 0 Å². The first-order chi connectivity index (χ1) is 8.31. The van der Waals surface area contributed by atoms with E-state index >= 15 is 0 Å². The van der Waals surface area contributed by atoms with Crippen molar-refractivity contribution < 1.29 is 4.74 Å². The van der Waals surface area contributed by atoms with Crippen molar-refractivity contribution in [2.45, 2.75) is 45.2 Å². The van der Waals surface area contributed by atoms with Crippen LogP contribution in [0.15, 0.2) is 6.20 Å². The average molecular weight is 238 g/mol. The molecule has 3 N–H and O–H groups in total. The highest BCUT2D eigenvalue weighted by molar-refractivity contribution is 5.29. The number of aryl methyl sites for hydroxylation is 1. The second-order valence-corrected chi connectivity index (χ2v) is 4.66. The van der Waals surface area contributed by atoms with Crippen LogP contribution in [-0.4, -0.2) is 16.9 Å². The molecule has 1 aromatic rings. The molecular weight excluding hydrogens is 216 g/mol. The number of nitrogens with one attached hydrogen (secondary N) is 1. The smallest absolute Gasteiger partial charge is 0.161 e. The van der Waals surface area contributed by atoms with Gasteiger partial charge in [0.25, 0.3) is 0 Å². The van der Waals surface area contributed by atoms with Gasteiger partial charge in [-0.05, 0) is 25.2 Å². The maximum absolute atomic E-state index is 5.72. The molecule has 1 fully saturated rings. The van der Waals surface area contributed by atoms with Gasteiger partial charge in [-0.2, -0.15) is 5.10 Å². The van der Waals surface area contributed by atoms with Crippen molar-refractivity contribution in [1.82, 2.24) is 15.2 Å². The molecule has 0 aromatic carbocycles. The predicted molar refractivity (Wildman–Crippen MR) is 66.5 cm³/mol. The van der Waals surface area contributed by atoms with Crippen molar-refractivity contribution >= 4 is 0 Å². The molecule has 96 valence electrons. The van der Waals surface area contributed by atoms with Gasteiger partial charge in [0.1, 0.15) is 0 Å². The summed E-state index contributed by atoms with van der Waals surface area (Å²) in [7, 11) is 1.69. The van der Waals surface area contributed by atoms with Crippen molar-refractivity contribution in [3.8, 4) is 5.75 Å². The first-order valence-corrected chi connectivity index (χ1v) is 6.37. The number of rotatable bonds is 6. The molecule has 5 heteroatoms. The third kappa shape index (κ3) is 2.30. The second-order valence-electron chi connectivity index (χ2n) is 4.66. The van der Waals surface area contributed by atoms with Crippen LogP contribution in [0.2, 0.25) is 0 Å². The molecule has 1 aliphatic carbocycles. The summed E-state index contributed by atoms with van der Waals surface area (Å²) in [5.74, 6) is 7.17. The molecule has 0 radical (unpaired) electrons. The Kier molecular flexibility index (Phi) is 4.02. The van der Waals surface area contributed by atoms with Crippen LogP contribution in [0.25, 0.3) is 0 Å². The van der Waals surface area contributed by atoms with E-state index in [0.29, 0.717) is 5.92 Å². The van der Waals surface area contributed by atoms with E-state index in [-0.39, 0.29) is 6.04 Å². The molecule has 0 amide bonds. The topological polar surface area (TPSA) is 65.1 Å². The molecule has 1 aromatic heterocycles. The SMILES string of the molecule is CCCn1ncc(OC)c1C(NN)C1CCC1. The van der Waals surface area contributed by atoms with Crippen molar-refractivity contribution in [2.75, 3.05) is 7.11 Å². The zero-order valence-corrected chi connectivity index (χ0v) is 10.6. The molecule has 2 rings (SSSR count). The summed E-state index contributed by atoms with van der Waals surface area (Å²) < 4.78 is 7.41. The molecule has 1 atom stereocenters. The third-order valence-electron chi connectivity index (χ3n) is 3.60. The van der Waals surface area contributed by atoms with E-state index in [4.69, 9.17) is 10.6 Å². The van der Waals surface area contributed by atoms with Crippen LogP contribution < -0.4 is 16.0 Å². The Morgan fingerprint density at radius 1 is 1.65 bits per heavy atom. The molecule has 5 nitrogen and oxygen atoms in total. The van der Waals surface area contributed by atoms with E-state index in [1.165, 1.54) is 19.3 Å². The van der Waals surface area contributed by atoms with Gasteiger partial charge in [-0.25, -0.2) is 0 Å². The van der Waals surface area contributed by atoms with Crippen LogP contribution in [0.5, 0.6) is 5.75 Å². The van der Waals surface area contributed by atoms with E-state index in [2.05, 4.69) is 17.4 Å². The zero-order valence-electron chi connectivity index (χ0n) is 10.6. The number of hydrogen-bond donors (Lipinski definition) is 2. The highest BCUT2D eigenvalue weighted by Crippen LogP contribution is 2.40. The highest BCUT2D eigenvalue weighted by Gasteiger charge is 2.32. The fourth-order valence-corrected chi connectivity index (χ4v) is 2.45. The lowest BCUT2D eigenvalue weighted by molar-refractivity contribution is 0.218. The second kappa shape index (κ2) is 5.51. The maximum atomic E-state index is 5.72. The lowest BCUT2D eigenvalue weighted by atomic mass is 9.78. The monoisotopic (exact) mass is 238 g/mol. The summed E-state index contributed by atoms with van der Waals surface area (Å²) in [6, 6.07) is 0.160. The molecule has 0 aliphatic heterocycles.